The number of likely N-dealkylation sites (tertiary alicyclic amines) is 1. The molecular formula is C29H31N3O5. The number of ether oxygens (including phenoxy) is 1. The van der Waals surface area contributed by atoms with Gasteiger partial charge in [0.25, 0.3) is 11.8 Å². The molecule has 1 N–H and O–H groups in total. The van der Waals surface area contributed by atoms with Gasteiger partial charge in [-0.1, -0.05) is 35.9 Å². The second-order valence-electron chi connectivity index (χ2n) is 9.72. The van der Waals surface area contributed by atoms with Crippen LogP contribution in [0.25, 0.3) is 0 Å². The molecule has 37 heavy (non-hydrogen) atoms. The van der Waals surface area contributed by atoms with Crippen LogP contribution in [-0.2, 0) is 16.1 Å². The first-order chi connectivity index (χ1) is 17.9. The molecule has 192 valence electrons. The molecule has 2 saturated heterocycles. The highest BCUT2D eigenvalue weighted by Crippen LogP contribution is 2.39. The van der Waals surface area contributed by atoms with Crippen LogP contribution in [0.4, 0.5) is 0 Å². The van der Waals surface area contributed by atoms with Crippen LogP contribution < -0.4 is 5.32 Å². The number of amides is 3. The van der Waals surface area contributed by atoms with Crippen molar-refractivity contribution >= 4 is 17.7 Å². The van der Waals surface area contributed by atoms with Crippen molar-refractivity contribution in [3.63, 3.8) is 0 Å². The Morgan fingerprint density at radius 3 is 2.35 bits per heavy atom. The molecule has 0 radical (unpaired) electrons. The van der Waals surface area contributed by atoms with E-state index in [2.05, 4.69) is 5.32 Å². The van der Waals surface area contributed by atoms with E-state index in [9.17, 15) is 14.4 Å². The Labute approximate surface area is 216 Å². The number of nitrogens with one attached hydrogen (secondary N) is 1. The molecule has 8 heteroatoms. The lowest BCUT2D eigenvalue weighted by Gasteiger charge is -2.44. The average Bonchev–Trinajstić information content (AvgIpc) is 3.56. The molecule has 3 amide bonds. The minimum atomic E-state index is -0.961. The lowest BCUT2D eigenvalue weighted by atomic mass is 9.95. The fourth-order valence-corrected chi connectivity index (χ4v) is 5.15. The van der Waals surface area contributed by atoms with Crippen LogP contribution in [0, 0.1) is 13.8 Å². The van der Waals surface area contributed by atoms with E-state index < -0.39 is 11.8 Å². The number of hydrogen-bond acceptors (Lipinski definition) is 5. The van der Waals surface area contributed by atoms with Crippen molar-refractivity contribution < 1.29 is 23.5 Å². The van der Waals surface area contributed by atoms with E-state index in [1.54, 1.807) is 40.3 Å². The predicted molar refractivity (Wildman–Crippen MR) is 137 cm³/mol. The van der Waals surface area contributed by atoms with Gasteiger partial charge in [0.15, 0.2) is 0 Å². The summed E-state index contributed by atoms with van der Waals surface area (Å²) in [5.41, 5.74) is 2.18. The second-order valence-corrected chi connectivity index (χ2v) is 9.72. The van der Waals surface area contributed by atoms with Gasteiger partial charge in [-0.15, -0.1) is 0 Å². The van der Waals surface area contributed by atoms with Crippen molar-refractivity contribution in [2.45, 2.75) is 45.0 Å². The molecule has 2 aromatic carbocycles. The SMILES string of the molecule is Cc1ccc(C(=O)N2C(C(=O)NCc3ccco3)COC23CCN(C(=O)c2ccccc2C)CC3)cc1. The van der Waals surface area contributed by atoms with Crippen LogP contribution in [0.2, 0.25) is 0 Å². The van der Waals surface area contributed by atoms with Gasteiger partial charge in [0.2, 0.25) is 5.91 Å². The smallest absolute Gasteiger partial charge is 0.256 e. The minimum absolute atomic E-state index is 0.0323. The third-order valence-corrected chi connectivity index (χ3v) is 7.30. The highest BCUT2D eigenvalue weighted by atomic mass is 16.5. The molecule has 0 bridgehead atoms. The molecule has 1 atom stereocenters. The summed E-state index contributed by atoms with van der Waals surface area (Å²) in [7, 11) is 0. The lowest BCUT2D eigenvalue weighted by Crippen LogP contribution is -2.59. The zero-order valence-electron chi connectivity index (χ0n) is 21.1. The van der Waals surface area contributed by atoms with E-state index in [1.165, 1.54) is 0 Å². The minimum Gasteiger partial charge on any atom is -0.467 e. The molecule has 1 spiro atoms. The number of carbonyl (C=O) groups excluding carboxylic acids is 3. The maximum absolute atomic E-state index is 13.8. The van der Waals surface area contributed by atoms with Gasteiger partial charge in [-0.05, 0) is 49.7 Å². The summed E-state index contributed by atoms with van der Waals surface area (Å²) in [5, 5.41) is 2.88. The first kappa shape index (κ1) is 24.8. The van der Waals surface area contributed by atoms with Gasteiger partial charge in [0.1, 0.15) is 17.5 Å². The van der Waals surface area contributed by atoms with Crippen molar-refractivity contribution in [2.75, 3.05) is 19.7 Å². The Morgan fingerprint density at radius 2 is 1.68 bits per heavy atom. The number of aryl methyl sites for hydroxylation is 2. The van der Waals surface area contributed by atoms with Crippen molar-refractivity contribution in [2.24, 2.45) is 0 Å². The van der Waals surface area contributed by atoms with Gasteiger partial charge in [-0.3, -0.25) is 19.3 Å². The van der Waals surface area contributed by atoms with Gasteiger partial charge in [0, 0.05) is 37.1 Å². The highest BCUT2D eigenvalue weighted by Gasteiger charge is 2.54. The van der Waals surface area contributed by atoms with Gasteiger partial charge >= 0.3 is 0 Å². The number of benzene rings is 2. The summed E-state index contributed by atoms with van der Waals surface area (Å²) in [5.74, 6) is 0.0398. The number of furan rings is 1. The second kappa shape index (κ2) is 10.2. The fraction of sp³-hybridized carbons (Fsp3) is 0.345. The Kier molecular flexibility index (Phi) is 6.84. The Morgan fingerprint density at radius 1 is 0.946 bits per heavy atom. The number of rotatable bonds is 5. The topological polar surface area (TPSA) is 92.1 Å². The van der Waals surface area contributed by atoms with Crippen LogP contribution in [0.5, 0.6) is 0 Å². The number of piperidine rings is 1. The summed E-state index contributed by atoms with van der Waals surface area (Å²) in [6.45, 7) is 5.04. The molecule has 3 heterocycles. The van der Waals surface area contributed by atoms with E-state index in [0.717, 1.165) is 11.1 Å². The first-order valence-corrected chi connectivity index (χ1v) is 12.6. The Hall–Kier alpha value is -3.91. The predicted octanol–water partition coefficient (Wildman–Crippen LogP) is 3.69. The zero-order chi connectivity index (χ0) is 26.0. The molecule has 0 saturated carbocycles. The fourth-order valence-electron chi connectivity index (χ4n) is 5.15. The van der Waals surface area contributed by atoms with Gasteiger partial charge in [-0.2, -0.15) is 0 Å². The van der Waals surface area contributed by atoms with E-state index >= 15 is 0 Å². The maximum Gasteiger partial charge on any atom is 0.256 e. The third-order valence-electron chi connectivity index (χ3n) is 7.30. The van der Waals surface area contributed by atoms with E-state index in [1.807, 2.05) is 50.2 Å². The van der Waals surface area contributed by atoms with Gasteiger partial charge in [-0.25, -0.2) is 0 Å². The van der Waals surface area contributed by atoms with Gasteiger partial charge in [0.05, 0.1) is 19.4 Å². The molecule has 1 aromatic heterocycles. The lowest BCUT2D eigenvalue weighted by molar-refractivity contribution is -0.128. The van der Waals surface area contributed by atoms with Crippen LogP contribution in [0.15, 0.2) is 71.3 Å². The zero-order valence-corrected chi connectivity index (χ0v) is 21.1. The molecular weight excluding hydrogens is 470 g/mol. The van der Waals surface area contributed by atoms with Crippen molar-refractivity contribution in [3.05, 3.63) is 94.9 Å². The number of nitrogens with zero attached hydrogens (tertiary/aromatic N) is 2. The summed E-state index contributed by atoms with van der Waals surface area (Å²) >= 11 is 0. The van der Waals surface area contributed by atoms with E-state index in [0.29, 0.717) is 42.8 Å². The molecule has 2 aliphatic heterocycles. The molecule has 5 rings (SSSR count). The Bertz CT molecular complexity index is 1280. The number of hydrogen-bond donors (Lipinski definition) is 1. The monoisotopic (exact) mass is 501 g/mol. The van der Waals surface area contributed by atoms with Crippen molar-refractivity contribution in [1.82, 2.24) is 15.1 Å². The molecule has 2 aliphatic rings. The molecule has 0 aliphatic carbocycles. The van der Waals surface area contributed by atoms with Crippen LogP contribution in [0.1, 0.15) is 50.4 Å². The molecule has 1 unspecified atom stereocenters. The quantitative estimate of drug-likeness (QED) is 0.576. The molecule has 3 aromatic rings. The van der Waals surface area contributed by atoms with Crippen LogP contribution in [0.3, 0.4) is 0 Å². The van der Waals surface area contributed by atoms with Gasteiger partial charge < -0.3 is 19.4 Å². The normalized spacial score (nSPS) is 18.7. The summed E-state index contributed by atoms with van der Waals surface area (Å²) in [6, 6.07) is 17.6. The highest BCUT2D eigenvalue weighted by molar-refractivity contribution is 5.99. The maximum atomic E-state index is 13.8. The molecule has 8 nitrogen and oxygen atoms in total. The third kappa shape index (κ3) is 4.89. The average molecular weight is 502 g/mol. The summed E-state index contributed by atoms with van der Waals surface area (Å²) in [6.07, 6.45) is 2.39. The molecule has 2 fully saturated rings. The van der Waals surface area contributed by atoms with E-state index in [-0.39, 0.29) is 30.9 Å². The summed E-state index contributed by atoms with van der Waals surface area (Å²) < 4.78 is 11.6. The standard InChI is InChI=1S/C29H31N3O5/c1-20-9-11-22(12-10-20)27(34)32-25(26(33)30-18-23-7-5-17-36-23)19-37-29(32)13-15-31(16-14-29)28(35)24-8-4-3-6-21(24)2/h3-12,17,25H,13-16,18-19H2,1-2H3,(H,30,33). The van der Waals surface area contributed by atoms with Crippen molar-refractivity contribution in [3.8, 4) is 0 Å². The summed E-state index contributed by atoms with van der Waals surface area (Å²) in [4.78, 5) is 43.7. The van der Waals surface area contributed by atoms with Crippen LogP contribution >= 0.6 is 0 Å². The Balaban J connectivity index is 1.37. The first-order valence-electron chi connectivity index (χ1n) is 12.6. The largest absolute Gasteiger partial charge is 0.467 e. The number of carbonyl (C=O) groups is 3. The van der Waals surface area contributed by atoms with E-state index in [4.69, 9.17) is 9.15 Å². The van der Waals surface area contributed by atoms with Crippen molar-refractivity contribution in [1.29, 1.82) is 0 Å². The van der Waals surface area contributed by atoms with Crippen LogP contribution in [-0.4, -0.2) is 59.0 Å².